The van der Waals surface area contributed by atoms with Crippen LogP contribution in [0.5, 0.6) is 0 Å². The first-order chi connectivity index (χ1) is 17.1. The Balaban J connectivity index is 1.45. The molecule has 35 heavy (non-hydrogen) atoms. The lowest BCUT2D eigenvalue weighted by atomic mass is 9.97. The topological polar surface area (TPSA) is 101 Å². The highest BCUT2D eigenvalue weighted by atomic mass is 16.5. The molecule has 2 aromatic heterocycles. The molecule has 1 aliphatic rings. The molecule has 0 spiro atoms. The summed E-state index contributed by atoms with van der Waals surface area (Å²) in [7, 11) is 0. The summed E-state index contributed by atoms with van der Waals surface area (Å²) in [5, 5.41) is 10.3. The van der Waals surface area contributed by atoms with Crippen LogP contribution >= 0.6 is 0 Å². The summed E-state index contributed by atoms with van der Waals surface area (Å²) in [6.45, 7) is 7.87. The van der Waals surface area contributed by atoms with Crippen LogP contribution < -0.4 is 16.0 Å². The SMILES string of the molecule is C=CC(=O)Nc1cccc(-c2c(C)ccc3cnc(Nc4ccc(C5CNCCO5)nc4)nc23)c1. The van der Waals surface area contributed by atoms with E-state index < -0.39 is 0 Å². The minimum Gasteiger partial charge on any atom is -0.369 e. The summed E-state index contributed by atoms with van der Waals surface area (Å²) in [6.07, 6.45) is 4.79. The molecule has 0 saturated carbocycles. The van der Waals surface area contributed by atoms with Crippen LogP contribution in [0.4, 0.5) is 17.3 Å². The first-order valence-corrected chi connectivity index (χ1v) is 11.5. The number of fused-ring (bicyclic) bond motifs is 1. The summed E-state index contributed by atoms with van der Waals surface area (Å²) in [4.78, 5) is 25.7. The molecule has 176 valence electrons. The number of aryl methyl sites for hydroxylation is 1. The number of rotatable bonds is 6. The van der Waals surface area contributed by atoms with Gasteiger partial charge in [-0.3, -0.25) is 9.78 Å². The zero-order valence-corrected chi connectivity index (χ0v) is 19.4. The van der Waals surface area contributed by atoms with Gasteiger partial charge >= 0.3 is 0 Å². The Labute approximate surface area is 203 Å². The van der Waals surface area contributed by atoms with Gasteiger partial charge in [0.25, 0.3) is 0 Å². The highest BCUT2D eigenvalue weighted by molar-refractivity contribution is 6.00. The molecule has 1 aliphatic heterocycles. The molecule has 1 unspecified atom stereocenters. The minimum absolute atomic E-state index is 0.0349. The predicted octanol–water partition coefficient (Wildman–Crippen LogP) is 4.53. The van der Waals surface area contributed by atoms with E-state index in [1.807, 2.05) is 55.5 Å². The monoisotopic (exact) mass is 466 g/mol. The van der Waals surface area contributed by atoms with Gasteiger partial charge in [0.15, 0.2) is 0 Å². The van der Waals surface area contributed by atoms with Crippen LogP contribution in [-0.2, 0) is 9.53 Å². The number of hydrogen-bond acceptors (Lipinski definition) is 7. The molecule has 0 radical (unpaired) electrons. The molecule has 1 fully saturated rings. The third kappa shape index (κ3) is 5.03. The van der Waals surface area contributed by atoms with Crippen molar-refractivity contribution in [1.29, 1.82) is 0 Å². The fourth-order valence-corrected chi connectivity index (χ4v) is 4.12. The molecule has 3 N–H and O–H groups in total. The number of anilines is 3. The Morgan fingerprint density at radius 3 is 2.83 bits per heavy atom. The van der Waals surface area contributed by atoms with E-state index in [2.05, 4.69) is 32.5 Å². The van der Waals surface area contributed by atoms with Gasteiger partial charge in [0.1, 0.15) is 6.10 Å². The molecule has 1 amide bonds. The number of carbonyl (C=O) groups excluding carboxylic acids is 1. The van der Waals surface area contributed by atoms with Gasteiger partial charge < -0.3 is 20.7 Å². The maximum atomic E-state index is 11.8. The maximum absolute atomic E-state index is 11.8. The molecule has 3 heterocycles. The van der Waals surface area contributed by atoms with Crippen molar-refractivity contribution in [2.75, 3.05) is 30.3 Å². The molecule has 0 bridgehead atoms. The number of hydrogen-bond donors (Lipinski definition) is 3. The first-order valence-electron chi connectivity index (χ1n) is 11.5. The molecule has 5 rings (SSSR count). The van der Waals surface area contributed by atoms with Crippen LogP contribution in [-0.4, -0.2) is 40.6 Å². The number of pyridine rings is 1. The van der Waals surface area contributed by atoms with Crippen molar-refractivity contribution in [2.45, 2.75) is 13.0 Å². The van der Waals surface area contributed by atoms with E-state index in [9.17, 15) is 4.79 Å². The van der Waals surface area contributed by atoms with Crippen molar-refractivity contribution >= 4 is 34.1 Å². The summed E-state index contributed by atoms with van der Waals surface area (Å²) in [5.41, 5.74) is 6.20. The van der Waals surface area contributed by atoms with Gasteiger partial charge in [-0.25, -0.2) is 9.97 Å². The van der Waals surface area contributed by atoms with Gasteiger partial charge in [0.2, 0.25) is 11.9 Å². The number of nitrogens with one attached hydrogen (secondary N) is 3. The van der Waals surface area contributed by atoms with Crippen LogP contribution in [0, 0.1) is 6.92 Å². The quantitative estimate of drug-likeness (QED) is 0.359. The number of benzene rings is 2. The number of aromatic nitrogens is 3. The Bertz CT molecular complexity index is 1380. The van der Waals surface area contributed by atoms with E-state index >= 15 is 0 Å². The maximum Gasteiger partial charge on any atom is 0.247 e. The zero-order chi connectivity index (χ0) is 24.2. The van der Waals surface area contributed by atoms with E-state index in [1.165, 1.54) is 6.08 Å². The second-order valence-corrected chi connectivity index (χ2v) is 8.32. The Hall–Kier alpha value is -4.14. The fourth-order valence-electron chi connectivity index (χ4n) is 4.12. The third-order valence-electron chi connectivity index (χ3n) is 5.87. The highest BCUT2D eigenvalue weighted by Gasteiger charge is 2.17. The standard InChI is InChI=1S/C27H26N6O2/c1-3-24(34)31-20-6-4-5-18(13-20)25-17(2)7-8-19-14-30-27(33-26(19)25)32-21-9-10-22(29-15-21)23-16-28-11-12-35-23/h3-10,13-15,23,28H,1,11-12,16H2,2H3,(H,31,34)(H,30,32,33). The van der Waals surface area contributed by atoms with Crippen LogP contribution in [0.2, 0.25) is 0 Å². The lowest BCUT2D eigenvalue weighted by molar-refractivity contribution is -0.111. The molecule has 8 nitrogen and oxygen atoms in total. The predicted molar refractivity (Wildman–Crippen MR) is 138 cm³/mol. The molecule has 8 heteroatoms. The zero-order valence-electron chi connectivity index (χ0n) is 19.4. The summed E-state index contributed by atoms with van der Waals surface area (Å²) in [6, 6.07) is 15.7. The average molecular weight is 467 g/mol. The van der Waals surface area contributed by atoms with Crippen molar-refractivity contribution < 1.29 is 9.53 Å². The molecule has 0 aliphatic carbocycles. The van der Waals surface area contributed by atoms with Crippen molar-refractivity contribution in [3.63, 3.8) is 0 Å². The largest absolute Gasteiger partial charge is 0.369 e. The number of amides is 1. The van der Waals surface area contributed by atoms with E-state index in [0.717, 1.165) is 52.1 Å². The molecular weight excluding hydrogens is 440 g/mol. The lowest BCUT2D eigenvalue weighted by Gasteiger charge is -2.23. The van der Waals surface area contributed by atoms with Crippen LogP contribution in [0.1, 0.15) is 17.4 Å². The normalized spacial score (nSPS) is 15.5. The number of nitrogens with zero attached hydrogens (tertiary/aromatic N) is 3. The third-order valence-corrected chi connectivity index (χ3v) is 5.87. The summed E-state index contributed by atoms with van der Waals surface area (Å²) < 4.78 is 5.77. The van der Waals surface area contributed by atoms with Crippen LogP contribution in [0.25, 0.3) is 22.0 Å². The van der Waals surface area contributed by atoms with Gasteiger partial charge in [-0.1, -0.05) is 30.8 Å². The van der Waals surface area contributed by atoms with E-state index in [-0.39, 0.29) is 12.0 Å². The van der Waals surface area contributed by atoms with Crippen molar-refractivity contribution in [3.05, 3.63) is 84.8 Å². The van der Waals surface area contributed by atoms with Gasteiger partial charge in [-0.15, -0.1) is 0 Å². The van der Waals surface area contributed by atoms with E-state index in [1.54, 1.807) is 12.4 Å². The second-order valence-electron chi connectivity index (χ2n) is 8.32. The first kappa shape index (κ1) is 22.6. The fraction of sp³-hybridized carbons (Fsp3) is 0.185. The number of ether oxygens (including phenoxy) is 1. The molecule has 1 atom stereocenters. The van der Waals surface area contributed by atoms with Gasteiger partial charge in [0, 0.05) is 35.9 Å². The Morgan fingerprint density at radius 2 is 2.06 bits per heavy atom. The number of morpholine rings is 1. The molecular formula is C27H26N6O2. The minimum atomic E-state index is -0.253. The van der Waals surface area contributed by atoms with Crippen LogP contribution in [0.3, 0.4) is 0 Å². The Morgan fingerprint density at radius 1 is 1.14 bits per heavy atom. The Kier molecular flexibility index (Phi) is 6.47. The van der Waals surface area contributed by atoms with Crippen molar-refractivity contribution in [3.8, 4) is 11.1 Å². The molecule has 1 saturated heterocycles. The smallest absolute Gasteiger partial charge is 0.247 e. The van der Waals surface area contributed by atoms with Gasteiger partial charge in [-0.2, -0.15) is 0 Å². The van der Waals surface area contributed by atoms with Gasteiger partial charge in [0.05, 0.1) is 29.7 Å². The van der Waals surface area contributed by atoms with Crippen LogP contribution in [0.15, 0.2) is 73.6 Å². The second kappa shape index (κ2) is 10.0. The van der Waals surface area contributed by atoms with E-state index in [4.69, 9.17) is 9.72 Å². The average Bonchev–Trinajstić information content (AvgIpc) is 2.89. The molecule has 2 aromatic carbocycles. The number of carbonyl (C=O) groups is 1. The summed E-state index contributed by atoms with van der Waals surface area (Å²) >= 11 is 0. The molecule has 4 aromatic rings. The highest BCUT2D eigenvalue weighted by Crippen LogP contribution is 2.33. The van der Waals surface area contributed by atoms with Crippen molar-refractivity contribution in [2.24, 2.45) is 0 Å². The van der Waals surface area contributed by atoms with Gasteiger partial charge in [-0.05, 0) is 48.4 Å². The lowest BCUT2D eigenvalue weighted by Crippen LogP contribution is -2.33. The van der Waals surface area contributed by atoms with E-state index in [0.29, 0.717) is 18.2 Å². The van der Waals surface area contributed by atoms with Crippen molar-refractivity contribution in [1.82, 2.24) is 20.3 Å². The summed E-state index contributed by atoms with van der Waals surface area (Å²) in [5.74, 6) is 0.224.